The molecule has 2 aromatic rings. The minimum atomic E-state index is -3.67. The van der Waals surface area contributed by atoms with Crippen LogP contribution in [0.25, 0.3) is 11.1 Å². The van der Waals surface area contributed by atoms with E-state index >= 15 is 0 Å². The van der Waals surface area contributed by atoms with Crippen molar-refractivity contribution in [2.75, 3.05) is 39.5 Å². The van der Waals surface area contributed by atoms with Gasteiger partial charge < -0.3 is 23.5 Å². The van der Waals surface area contributed by atoms with Crippen molar-refractivity contribution < 1.29 is 46.8 Å². The van der Waals surface area contributed by atoms with Crippen molar-refractivity contribution in [3.63, 3.8) is 0 Å². The van der Waals surface area contributed by atoms with Crippen LogP contribution in [-0.4, -0.2) is 89.4 Å². The van der Waals surface area contributed by atoms with Crippen LogP contribution in [0.2, 0.25) is 0 Å². The third-order valence-electron chi connectivity index (χ3n) is 8.26. The lowest BCUT2D eigenvalue weighted by Crippen LogP contribution is -2.56. The number of rotatable bonds is 12. The van der Waals surface area contributed by atoms with Gasteiger partial charge in [-0.1, -0.05) is 18.2 Å². The average molecular weight is 749 g/mol. The lowest BCUT2D eigenvalue weighted by Gasteiger charge is -2.46. The Bertz CT molecular complexity index is 1580. The quantitative estimate of drug-likeness (QED) is 0.0900. The number of ether oxygens (including phenoxy) is 4. The van der Waals surface area contributed by atoms with Crippen molar-refractivity contribution in [3.05, 3.63) is 53.8 Å². The van der Waals surface area contributed by atoms with Crippen LogP contribution >= 0.6 is 7.37 Å². The molecule has 0 N–H and O–H groups in total. The number of carbonyl (C=O) groups is 3. The number of methoxy groups -OCH3 is 1. The lowest BCUT2D eigenvalue weighted by molar-refractivity contribution is -0.160. The Morgan fingerprint density at radius 2 is 1.50 bits per heavy atom. The second-order valence-corrected chi connectivity index (χ2v) is 19.1. The van der Waals surface area contributed by atoms with Crippen molar-refractivity contribution in [1.29, 1.82) is 0 Å². The highest BCUT2D eigenvalue weighted by molar-refractivity contribution is 7.62. The first-order chi connectivity index (χ1) is 24.0. The Labute approximate surface area is 308 Å². The Morgan fingerprint density at radius 1 is 0.885 bits per heavy atom. The first kappa shape index (κ1) is 42.9. The fourth-order valence-corrected chi connectivity index (χ4v) is 9.07. The molecule has 11 nitrogen and oxygen atoms in total. The number of hydrogen-bond acceptors (Lipinski definition) is 10. The summed E-state index contributed by atoms with van der Waals surface area (Å²) >= 11 is 0. The maximum absolute atomic E-state index is 14.9. The molecule has 0 aliphatic carbocycles. The monoisotopic (exact) mass is 748 g/mol. The largest absolute Gasteiger partial charge is 0.497 e. The molecular formula is C39H58FN2O9P. The highest BCUT2D eigenvalue weighted by Gasteiger charge is 2.59. The maximum Gasteiger partial charge on any atom is 0.419 e. The van der Waals surface area contributed by atoms with Crippen molar-refractivity contribution >= 4 is 25.5 Å². The predicted octanol–water partition coefficient (Wildman–Crippen LogP) is 9.05. The van der Waals surface area contributed by atoms with Gasteiger partial charge in [0.2, 0.25) is 7.37 Å². The van der Waals surface area contributed by atoms with Gasteiger partial charge in [-0.2, -0.15) is 0 Å². The van der Waals surface area contributed by atoms with Gasteiger partial charge in [-0.25, -0.2) is 18.9 Å². The van der Waals surface area contributed by atoms with Gasteiger partial charge in [-0.05, 0) is 129 Å². The molecule has 0 saturated carbocycles. The number of imide groups is 1. The van der Waals surface area contributed by atoms with E-state index in [1.807, 2.05) is 29.2 Å². The number of hydrogen-bond donors (Lipinski definition) is 0. The molecule has 1 saturated heterocycles. The summed E-state index contributed by atoms with van der Waals surface area (Å²) in [5.41, 5.74) is -0.348. The maximum atomic E-state index is 14.9. The molecule has 1 aliphatic heterocycles. The molecular weight excluding hydrogens is 690 g/mol. The van der Waals surface area contributed by atoms with E-state index in [-0.39, 0.29) is 45.1 Å². The average Bonchev–Trinajstić information content (AvgIpc) is 3.00. The summed E-state index contributed by atoms with van der Waals surface area (Å²) in [7, 11) is -2.11. The summed E-state index contributed by atoms with van der Waals surface area (Å²) in [6.45, 7) is 18.0. The number of halogens is 1. The Hall–Kier alpha value is -3.47. The van der Waals surface area contributed by atoms with Crippen molar-refractivity contribution in [2.45, 2.75) is 117 Å². The molecule has 0 spiro atoms. The standard InChI is InChI=1S/C39H58FN2O9P/c1-12-48-52(46)23-22-41(26-29-18-19-30(40)25-32(29)28-16-15-17-31(24-28)47-11)27-39(52,33(43)49-36(2,3)4)20-13-14-21-42(34(44)50-37(5,6)7)35(45)51-38(8,9)10/h15-19,24-25H,12-14,20-23,26-27H2,1-11H3/t39-,52?/m0/s1. The number of esters is 1. The zero-order valence-corrected chi connectivity index (χ0v) is 33.7. The first-order valence-electron chi connectivity index (χ1n) is 17.9. The Kier molecular flexibility index (Phi) is 14.1. The van der Waals surface area contributed by atoms with Crippen LogP contribution in [-0.2, 0) is 34.6 Å². The van der Waals surface area contributed by atoms with E-state index in [1.165, 1.54) is 12.1 Å². The zero-order chi connectivity index (χ0) is 39.1. The smallest absolute Gasteiger partial charge is 0.419 e. The van der Waals surface area contributed by atoms with E-state index in [2.05, 4.69) is 0 Å². The molecule has 0 radical (unpaired) electrons. The SMILES string of the molecule is CCOP1(=O)CCN(Cc2ccc(F)cc2-c2cccc(OC)c2)C[C@@]1(CCCCN(C(=O)OC(C)(C)C)C(=O)OC(C)(C)C)C(=O)OC(C)(C)C. The van der Waals surface area contributed by atoms with Crippen LogP contribution in [0.1, 0.15) is 94.1 Å². The summed E-state index contributed by atoms with van der Waals surface area (Å²) in [5, 5.41) is -1.56. The molecule has 1 aliphatic rings. The Balaban J connectivity index is 1.98. The summed E-state index contributed by atoms with van der Waals surface area (Å²) in [5.74, 6) is -0.398. The van der Waals surface area contributed by atoms with Gasteiger partial charge in [0.25, 0.3) is 0 Å². The van der Waals surface area contributed by atoms with Crippen LogP contribution in [0.15, 0.2) is 42.5 Å². The third-order valence-corrected chi connectivity index (χ3v) is 11.6. The molecule has 1 fully saturated rings. The number of nitrogens with zero attached hydrogens (tertiary/aromatic N) is 2. The van der Waals surface area contributed by atoms with E-state index in [1.54, 1.807) is 82.4 Å². The van der Waals surface area contributed by atoms with E-state index in [0.717, 1.165) is 16.0 Å². The topological polar surface area (TPSA) is 121 Å². The van der Waals surface area contributed by atoms with E-state index in [4.69, 9.17) is 23.5 Å². The number of benzene rings is 2. The fraction of sp³-hybridized carbons (Fsp3) is 0.615. The molecule has 2 atom stereocenters. The van der Waals surface area contributed by atoms with Gasteiger partial charge in [0.1, 0.15) is 28.4 Å². The highest BCUT2D eigenvalue weighted by atomic mass is 31.2. The second kappa shape index (κ2) is 17.1. The van der Waals surface area contributed by atoms with Crippen LogP contribution in [0.3, 0.4) is 0 Å². The summed E-state index contributed by atoms with van der Waals surface area (Å²) in [6.07, 6.45) is -0.960. The molecule has 52 heavy (non-hydrogen) atoms. The molecule has 2 aromatic carbocycles. The predicted molar refractivity (Wildman–Crippen MR) is 199 cm³/mol. The molecule has 0 aromatic heterocycles. The lowest BCUT2D eigenvalue weighted by atomic mass is 9.96. The van der Waals surface area contributed by atoms with Gasteiger partial charge in [-0.3, -0.25) is 14.3 Å². The summed E-state index contributed by atoms with van der Waals surface area (Å²) in [4.78, 5) is 43.6. The molecule has 1 unspecified atom stereocenters. The van der Waals surface area contributed by atoms with Gasteiger partial charge in [0.05, 0.1) is 13.7 Å². The zero-order valence-electron chi connectivity index (χ0n) is 32.8. The van der Waals surface area contributed by atoms with Gasteiger partial charge in [0, 0.05) is 32.3 Å². The van der Waals surface area contributed by atoms with Crippen LogP contribution < -0.4 is 4.74 Å². The van der Waals surface area contributed by atoms with Crippen LogP contribution in [0.4, 0.5) is 14.0 Å². The Morgan fingerprint density at radius 3 is 2.06 bits per heavy atom. The number of amides is 2. The fourth-order valence-electron chi connectivity index (χ4n) is 6.07. The molecule has 0 bridgehead atoms. The van der Waals surface area contributed by atoms with Gasteiger partial charge in [0.15, 0.2) is 5.16 Å². The minimum absolute atomic E-state index is 0.0516. The summed E-state index contributed by atoms with van der Waals surface area (Å²) in [6, 6.07) is 12.0. The minimum Gasteiger partial charge on any atom is -0.497 e. The molecule has 2 amide bonds. The van der Waals surface area contributed by atoms with Gasteiger partial charge in [-0.15, -0.1) is 0 Å². The van der Waals surface area contributed by atoms with Crippen molar-refractivity contribution in [2.24, 2.45) is 0 Å². The molecule has 290 valence electrons. The van der Waals surface area contributed by atoms with Crippen LogP contribution in [0, 0.1) is 5.82 Å². The van der Waals surface area contributed by atoms with Crippen molar-refractivity contribution in [1.82, 2.24) is 9.80 Å². The molecule has 3 rings (SSSR count). The number of carbonyl (C=O) groups excluding carboxylic acids is 3. The highest BCUT2D eigenvalue weighted by Crippen LogP contribution is 2.64. The van der Waals surface area contributed by atoms with E-state index < -0.39 is 53.3 Å². The van der Waals surface area contributed by atoms with Crippen molar-refractivity contribution in [3.8, 4) is 16.9 Å². The third kappa shape index (κ3) is 11.8. The van der Waals surface area contributed by atoms with E-state index in [0.29, 0.717) is 24.4 Å². The molecule has 1 heterocycles. The van der Waals surface area contributed by atoms with Crippen LogP contribution in [0.5, 0.6) is 5.75 Å². The normalized spacial score (nSPS) is 19.8. The second-order valence-electron chi connectivity index (χ2n) is 16.2. The number of unbranched alkanes of at least 4 members (excludes halogenated alkanes) is 1. The summed E-state index contributed by atoms with van der Waals surface area (Å²) < 4.78 is 58.0. The van der Waals surface area contributed by atoms with E-state index in [9.17, 15) is 23.3 Å². The first-order valence-corrected chi connectivity index (χ1v) is 19.7. The van der Waals surface area contributed by atoms with Gasteiger partial charge >= 0.3 is 18.2 Å². The molecule has 13 heteroatoms.